The summed E-state index contributed by atoms with van der Waals surface area (Å²) in [5, 5.41) is 3.82. The maximum Gasteiger partial charge on any atom is 0.246 e. The highest BCUT2D eigenvalue weighted by atomic mass is 16.5. The summed E-state index contributed by atoms with van der Waals surface area (Å²) in [7, 11) is 1.70. The van der Waals surface area contributed by atoms with Crippen molar-refractivity contribution in [1.29, 1.82) is 0 Å². The van der Waals surface area contributed by atoms with Gasteiger partial charge in [0.25, 0.3) is 0 Å². The summed E-state index contributed by atoms with van der Waals surface area (Å²) in [5.41, 5.74) is 2.07. The van der Waals surface area contributed by atoms with Crippen molar-refractivity contribution in [3.8, 4) is 0 Å². The van der Waals surface area contributed by atoms with Crippen LogP contribution >= 0.6 is 0 Å². The summed E-state index contributed by atoms with van der Waals surface area (Å²) >= 11 is 0. The van der Waals surface area contributed by atoms with Gasteiger partial charge < -0.3 is 14.3 Å². The van der Waals surface area contributed by atoms with Crippen molar-refractivity contribution in [3.63, 3.8) is 0 Å². The summed E-state index contributed by atoms with van der Waals surface area (Å²) in [4.78, 5) is 32.1. The second-order valence-electron chi connectivity index (χ2n) is 6.13. The number of para-hydroxylation sites is 1. The van der Waals surface area contributed by atoms with E-state index in [2.05, 4.69) is 10.1 Å². The molecule has 0 saturated carbocycles. The molecule has 0 unspecified atom stereocenters. The third-order valence-corrected chi connectivity index (χ3v) is 4.37. The molecule has 0 aliphatic carbocycles. The van der Waals surface area contributed by atoms with Gasteiger partial charge in [0.2, 0.25) is 17.7 Å². The minimum atomic E-state index is -0.0629. The summed E-state index contributed by atoms with van der Waals surface area (Å²) < 4.78 is 5.11. The maximum atomic E-state index is 12.4. The average molecular weight is 342 g/mol. The van der Waals surface area contributed by atoms with Gasteiger partial charge in [-0.2, -0.15) is 4.98 Å². The molecular formula is C18H22N4O3. The van der Waals surface area contributed by atoms with Crippen LogP contribution in [0.25, 0.3) is 0 Å². The van der Waals surface area contributed by atoms with Crippen molar-refractivity contribution in [2.24, 2.45) is 0 Å². The molecule has 0 radical (unpaired) electrons. The molecule has 7 heteroatoms. The Labute approximate surface area is 146 Å². The van der Waals surface area contributed by atoms with E-state index in [1.807, 2.05) is 31.2 Å². The highest BCUT2D eigenvalue weighted by Gasteiger charge is 2.24. The van der Waals surface area contributed by atoms with E-state index in [4.69, 9.17) is 4.52 Å². The van der Waals surface area contributed by atoms with Crippen LogP contribution in [0.3, 0.4) is 0 Å². The largest absolute Gasteiger partial charge is 0.337 e. The number of fused-ring (bicyclic) bond motifs is 1. The molecule has 0 bridgehead atoms. The molecule has 1 aliphatic rings. The lowest BCUT2D eigenvalue weighted by molar-refractivity contribution is -0.130. The quantitative estimate of drug-likeness (QED) is 0.802. The molecule has 3 rings (SSSR count). The van der Waals surface area contributed by atoms with Crippen molar-refractivity contribution in [2.75, 3.05) is 18.5 Å². The van der Waals surface area contributed by atoms with E-state index >= 15 is 0 Å². The molecule has 0 fully saturated rings. The number of aromatic nitrogens is 2. The Morgan fingerprint density at radius 1 is 1.32 bits per heavy atom. The normalized spacial score (nSPS) is 13.7. The van der Waals surface area contributed by atoms with Crippen molar-refractivity contribution in [1.82, 2.24) is 15.0 Å². The molecule has 2 aromatic rings. The fourth-order valence-corrected chi connectivity index (χ4v) is 2.93. The van der Waals surface area contributed by atoms with Gasteiger partial charge in [0.05, 0.1) is 6.54 Å². The number of anilines is 1. The zero-order valence-electron chi connectivity index (χ0n) is 14.6. The predicted molar refractivity (Wildman–Crippen MR) is 91.9 cm³/mol. The molecular weight excluding hydrogens is 320 g/mol. The van der Waals surface area contributed by atoms with Gasteiger partial charge in [-0.1, -0.05) is 30.3 Å². The Balaban J connectivity index is 1.59. The first-order valence-electron chi connectivity index (χ1n) is 8.52. The molecule has 1 aromatic heterocycles. The van der Waals surface area contributed by atoms with E-state index in [9.17, 15) is 9.59 Å². The second-order valence-corrected chi connectivity index (χ2v) is 6.13. The van der Waals surface area contributed by atoms with Gasteiger partial charge in [0, 0.05) is 38.5 Å². The van der Waals surface area contributed by atoms with E-state index in [0.717, 1.165) is 17.7 Å². The number of nitrogens with zero attached hydrogens (tertiary/aromatic N) is 4. The van der Waals surface area contributed by atoms with Gasteiger partial charge in [0.15, 0.2) is 5.82 Å². The SMILES string of the molecule is CCc1noc(CN(C)C(=O)CCN2C(=O)CCc3ccccc32)n1. The highest BCUT2D eigenvalue weighted by Crippen LogP contribution is 2.27. The van der Waals surface area contributed by atoms with Crippen molar-refractivity contribution in [2.45, 2.75) is 39.2 Å². The minimum absolute atomic E-state index is 0.0629. The first kappa shape index (κ1) is 17.1. The summed E-state index contributed by atoms with van der Waals surface area (Å²) in [6.07, 6.45) is 2.20. The van der Waals surface area contributed by atoms with Gasteiger partial charge in [-0.05, 0) is 18.1 Å². The summed E-state index contributed by atoms with van der Waals surface area (Å²) in [6.45, 7) is 2.59. The first-order chi connectivity index (χ1) is 12.1. The van der Waals surface area contributed by atoms with Gasteiger partial charge in [0.1, 0.15) is 0 Å². The molecule has 2 amide bonds. The lowest BCUT2D eigenvalue weighted by Gasteiger charge is -2.29. The lowest BCUT2D eigenvalue weighted by atomic mass is 10.0. The molecule has 0 N–H and O–H groups in total. The van der Waals surface area contributed by atoms with Gasteiger partial charge in [-0.3, -0.25) is 9.59 Å². The standard InChI is InChI=1S/C18H22N4O3/c1-3-15-19-16(25-20-15)12-21(2)17(23)10-11-22-14-7-5-4-6-13(14)8-9-18(22)24/h4-7H,3,8-12H2,1-2H3. The van der Waals surface area contributed by atoms with E-state index < -0.39 is 0 Å². The molecule has 1 aliphatic heterocycles. The van der Waals surface area contributed by atoms with Crippen LogP contribution in [0.5, 0.6) is 0 Å². The lowest BCUT2D eigenvalue weighted by Crippen LogP contribution is -2.38. The van der Waals surface area contributed by atoms with Gasteiger partial charge >= 0.3 is 0 Å². The number of amides is 2. The van der Waals surface area contributed by atoms with Crippen LogP contribution in [0.2, 0.25) is 0 Å². The van der Waals surface area contributed by atoms with Crippen LogP contribution in [0.15, 0.2) is 28.8 Å². The summed E-state index contributed by atoms with van der Waals surface area (Å²) in [6, 6.07) is 7.86. The molecule has 132 valence electrons. The number of hydrogen-bond acceptors (Lipinski definition) is 5. The molecule has 0 spiro atoms. The van der Waals surface area contributed by atoms with Crippen LogP contribution < -0.4 is 4.90 Å². The van der Waals surface area contributed by atoms with Crippen molar-refractivity contribution >= 4 is 17.5 Å². The van der Waals surface area contributed by atoms with Crippen LogP contribution in [-0.4, -0.2) is 40.4 Å². The fourth-order valence-electron chi connectivity index (χ4n) is 2.93. The van der Waals surface area contributed by atoms with Gasteiger partial charge in [-0.25, -0.2) is 0 Å². The Morgan fingerprint density at radius 2 is 2.12 bits per heavy atom. The maximum absolute atomic E-state index is 12.4. The number of hydrogen-bond donors (Lipinski definition) is 0. The van der Waals surface area contributed by atoms with Gasteiger partial charge in [-0.15, -0.1) is 0 Å². The zero-order chi connectivity index (χ0) is 17.8. The number of carbonyl (C=O) groups is 2. The zero-order valence-corrected chi connectivity index (χ0v) is 14.6. The topological polar surface area (TPSA) is 79.5 Å². The highest BCUT2D eigenvalue weighted by molar-refractivity contribution is 5.96. The number of aryl methyl sites for hydroxylation is 2. The predicted octanol–water partition coefficient (Wildman–Crippen LogP) is 1.96. The molecule has 0 atom stereocenters. The van der Waals surface area contributed by atoms with Crippen LogP contribution in [0.4, 0.5) is 5.69 Å². The van der Waals surface area contributed by atoms with E-state index in [-0.39, 0.29) is 24.8 Å². The second kappa shape index (κ2) is 7.46. The monoisotopic (exact) mass is 342 g/mol. The Hall–Kier alpha value is -2.70. The molecule has 7 nitrogen and oxygen atoms in total. The third kappa shape index (κ3) is 3.87. The van der Waals surface area contributed by atoms with Crippen molar-refractivity contribution in [3.05, 3.63) is 41.5 Å². The van der Waals surface area contributed by atoms with Crippen LogP contribution in [0, 0.1) is 0 Å². The third-order valence-electron chi connectivity index (χ3n) is 4.37. The molecule has 2 heterocycles. The fraction of sp³-hybridized carbons (Fsp3) is 0.444. The minimum Gasteiger partial charge on any atom is -0.337 e. The van der Waals surface area contributed by atoms with Crippen LogP contribution in [-0.2, 0) is 29.0 Å². The first-order valence-corrected chi connectivity index (χ1v) is 8.52. The van der Waals surface area contributed by atoms with Crippen molar-refractivity contribution < 1.29 is 14.1 Å². The number of benzene rings is 1. The Kier molecular flexibility index (Phi) is 5.11. The molecule has 0 saturated heterocycles. The molecule has 1 aromatic carbocycles. The molecule has 25 heavy (non-hydrogen) atoms. The van der Waals surface area contributed by atoms with E-state index in [1.54, 1.807) is 16.8 Å². The number of rotatable bonds is 6. The number of carbonyl (C=O) groups excluding carboxylic acids is 2. The van der Waals surface area contributed by atoms with E-state index in [0.29, 0.717) is 31.1 Å². The average Bonchev–Trinajstić information content (AvgIpc) is 3.08. The Bertz CT molecular complexity index is 771. The Morgan fingerprint density at radius 3 is 2.88 bits per heavy atom. The smallest absolute Gasteiger partial charge is 0.246 e. The van der Waals surface area contributed by atoms with E-state index in [1.165, 1.54) is 0 Å². The summed E-state index contributed by atoms with van der Waals surface area (Å²) in [5.74, 6) is 1.06. The van der Waals surface area contributed by atoms with Crippen LogP contribution in [0.1, 0.15) is 37.0 Å².